The minimum absolute atomic E-state index is 0.144. The van der Waals surface area contributed by atoms with E-state index in [-0.39, 0.29) is 22.2 Å². The van der Waals surface area contributed by atoms with Crippen LogP contribution in [0.2, 0.25) is 5.02 Å². The van der Waals surface area contributed by atoms with Crippen molar-refractivity contribution < 1.29 is 13.2 Å². The van der Waals surface area contributed by atoms with Crippen molar-refractivity contribution in [3.8, 4) is 0 Å². The van der Waals surface area contributed by atoms with Gasteiger partial charge in [0.15, 0.2) is 11.6 Å². The molecule has 3 aromatic rings. The van der Waals surface area contributed by atoms with Crippen LogP contribution in [0.25, 0.3) is 0 Å². The van der Waals surface area contributed by atoms with Gasteiger partial charge in [-0.1, -0.05) is 33.6 Å². The summed E-state index contributed by atoms with van der Waals surface area (Å²) in [7, 11) is 0. The zero-order valence-corrected chi connectivity index (χ0v) is 15.8. The van der Waals surface area contributed by atoms with Crippen LogP contribution in [0.1, 0.15) is 5.56 Å². The molecule has 3 rings (SSSR count). The number of anilines is 5. The Labute approximate surface area is 165 Å². The third-order valence-electron chi connectivity index (χ3n) is 3.51. The summed E-state index contributed by atoms with van der Waals surface area (Å²) in [4.78, 5) is 8.07. The number of halogens is 5. The van der Waals surface area contributed by atoms with Gasteiger partial charge in [0.05, 0.1) is 10.6 Å². The predicted octanol–water partition coefficient (Wildman–Crippen LogP) is 5.98. The number of hydrogen-bond acceptors (Lipinski definition) is 5. The highest BCUT2D eigenvalue weighted by Crippen LogP contribution is 2.37. The smallest absolute Gasteiger partial charge is 0.393 e. The largest absolute Gasteiger partial charge is 0.417 e. The summed E-state index contributed by atoms with van der Waals surface area (Å²) < 4.78 is 39.9. The highest BCUT2D eigenvalue weighted by Gasteiger charge is 2.33. The Morgan fingerprint density at radius 1 is 0.963 bits per heavy atom. The molecule has 140 valence electrons. The molecule has 5 nitrogen and oxygen atoms in total. The second kappa shape index (κ2) is 7.61. The van der Waals surface area contributed by atoms with Crippen LogP contribution in [0.5, 0.6) is 0 Å². The number of alkyl halides is 3. The molecule has 0 saturated heterocycles. The van der Waals surface area contributed by atoms with Gasteiger partial charge in [0.25, 0.3) is 0 Å². The van der Waals surface area contributed by atoms with Crippen molar-refractivity contribution in [2.24, 2.45) is 0 Å². The summed E-state index contributed by atoms with van der Waals surface area (Å²) in [6, 6.07) is 10.8. The maximum atomic E-state index is 13.0. The van der Waals surface area contributed by atoms with E-state index < -0.39 is 11.7 Å². The van der Waals surface area contributed by atoms with Gasteiger partial charge >= 0.3 is 6.18 Å². The summed E-state index contributed by atoms with van der Waals surface area (Å²) in [5.74, 6) is 0.480. The van der Waals surface area contributed by atoms with E-state index >= 15 is 0 Å². The molecule has 0 aliphatic carbocycles. The SMILES string of the molecule is Nc1c(Nc2cccc(Br)c2)ncnc1Nc1ccc(Cl)c(C(F)(F)F)c1. The van der Waals surface area contributed by atoms with Gasteiger partial charge in [-0.15, -0.1) is 0 Å². The molecule has 0 spiro atoms. The molecule has 0 aliphatic heterocycles. The van der Waals surface area contributed by atoms with E-state index in [1.54, 1.807) is 0 Å². The van der Waals surface area contributed by atoms with Crippen LogP contribution in [0.15, 0.2) is 53.3 Å². The lowest BCUT2D eigenvalue weighted by Crippen LogP contribution is -2.08. The van der Waals surface area contributed by atoms with Gasteiger partial charge in [-0.3, -0.25) is 0 Å². The molecule has 4 N–H and O–H groups in total. The maximum absolute atomic E-state index is 13.0. The number of aromatic nitrogens is 2. The lowest BCUT2D eigenvalue weighted by molar-refractivity contribution is -0.137. The van der Waals surface area contributed by atoms with Crippen molar-refractivity contribution in [2.45, 2.75) is 6.18 Å². The molecule has 0 fully saturated rings. The summed E-state index contributed by atoms with van der Waals surface area (Å²) in [6.45, 7) is 0. The Kier molecular flexibility index (Phi) is 5.43. The van der Waals surface area contributed by atoms with Gasteiger partial charge in [-0.2, -0.15) is 13.2 Å². The van der Waals surface area contributed by atoms with Crippen LogP contribution in [0.4, 0.5) is 41.9 Å². The lowest BCUT2D eigenvalue weighted by atomic mass is 10.2. The minimum atomic E-state index is -4.57. The molecule has 0 bridgehead atoms. The van der Waals surface area contributed by atoms with Crippen molar-refractivity contribution in [3.63, 3.8) is 0 Å². The van der Waals surface area contributed by atoms with Crippen LogP contribution in [-0.2, 0) is 6.18 Å². The predicted molar refractivity (Wildman–Crippen MR) is 104 cm³/mol. The van der Waals surface area contributed by atoms with Crippen LogP contribution >= 0.6 is 27.5 Å². The standard InChI is InChI=1S/C17H12BrClF3N5/c18-9-2-1-3-10(6-9)26-15-14(23)16(25-8-24-15)27-11-4-5-13(19)12(7-11)17(20,21)22/h1-8H,23H2,(H2,24,25,26,27). The van der Waals surface area contributed by atoms with Gasteiger partial charge < -0.3 is 16.4 Å². The molecular formula is C17H12BrClF3N5. The average molecular weight is 459 g/mol. The van der Waals surface area contributed by atoms with Crippen LogP contribution < -0.4 is 16.4 Å². The normalized spacial score (nSPS) is 11.3. The first kappa shape index (κ1) is 19.2. The van der Waals surface area contributed by atoms with E-state index in [0.717, 1.165) is 22.3 Å². The first-order valence-corrected chi connectivity index (χ1v) is 8.68. The zero-order valence-electron chi connectivity index (χ0n) is 13.5. The molecule has 0 amide bonds. The van der Waals surface area contributed by atoms with E-state index in [1.807, 2.05) is 24.3 Å². The third kappa shape index (κ3) is 4.61. The first-order valence-electron chi connectivity index (χ1n) is 7.51. The molecule has 1 heterocycles. The quantitative estimate of drug-likeness (QED) is 0.448. The number of nitrogen functional groups attached to an aromatic ring is 1. The highest BCUT2D eigenvalue weighted by molar-refractivity contribution is 9.10. The van der Waals surface area contributed by atoms with Crippen molar-refractivity contribution in [1.29, 1.82) is 0 Å². The zero-order chi connectivity index (χ0) is 19.6. The van der Waals surface area contributed by atoms with Crippen molar-refractivity contribution in [2.75, 3.05) is 16.4 Å². The molecule has 0 unspecified atom stereocenters. The summed E-state index contributed by atoms with van der Waals surface area (Å²) in [5, 5.41) is 5.41. The number of rotatable bonds is 4. The Balaban J connectivity index is 1.88. The summed E-state index contributed by atoms with van der Waals surface area (Å²) >= 11 is 8.99. The fourth-order valence-electron chi connectivity index (χ4n) is 2.25. The summed E-state index contributed by atoms with van der Waals surface area (Å²) in [6.07, 6.45) is -3.32. The van der Waals surface area contributed by atoms with E-state index in [4.69, 9.17) is 17.3 Å². The maximum Gasteiger partial charge on any atom is 0.417 e. The molecule has 27 heavy (non-hydrogen) atoms. The average Bonchev–Trinajstić information content (AvgIpc) is 2.59. The monoisotopic (exact) mass is 457 g/mol. The Morgan fingerprint density at radius 3 is 2.19 bits per heavy atom. The minimum Gasteiger partial charge on any atom is -0.393 e. The first-order chi connectivity index (χ1) is 12.7. The molecule has 0 saturated carbocycles. The number of nitrogens with two attached hydrogens (primary N) is 1. The fourth-order valence-corrected chi connectivity index (χ4v) is 2.88. The van der Waals surface area contributed by atoms with Gasteiger partial charge in [-0.05, 0) is 36.4 Å². The molecule has 0 aliphatic rings. The number of benzene rings is 2. The molecule has 1 aromatic heterocycles. The Hall–Kier alpha value is -2.52. The van der Waals surface area contributed by atoms with E-state index in [1.165, 1.54) is 12.4 Å². The van der Waals surface area contributed by atoms with Gasteiger partial charge in [-0.25, -0.2) is 9.97 Å². The molecule has 0 atom stereocenters. The fraction of sp³-hybridized carbons (Fsp3) is 0.0588. The van der Waals surface area contributed by atoms with Crippen LogP contribution in [0.3, 0.4) is 0 Å². The summed E-state index contributed by atoms with van der Waals surface area (Å²) in [5.41, 5.74) is 6.14. The second-order valence-electron chi connectivity index (χ2n) is 5.44. The van der Waals surface area contributed by atoms with Gasteiger partial charge in [0.1, 0.15) is 12.0 Å². The van der Waals surface area contributed by atoms with E-state index in [2.05, 4.69) is 36.5 Å². The van der Waals surface area contributed by atoms with Crippen molar-refractivity contribution in [3.05, 3.63) is 63.9 Å². The molecule has 2 aromatic carbocycles. The third-order valence-corrected chi connectivity index (χ3v) is 4.33. The topological polar surface area (TPSA) is 75.9 Å². The number of hydrogen-bond donors (Lipinski definition) is 3. The van der Waals surface area contributed by atoms with Crippen LogP contribution in [-0.4, -0.2) is 9.97 Å². The van der Waals surface area contributed by atoms with Crippen LogP contribution in [0, 0.1) is 0 Å². The molecule has 10 heteroatoms. The molecular weight excluding hydrogens is 447 g/mol. The Bertz CT molecular complexity index is 981. The number of nitrogens with zero attached hydrogens (tertiary/aromatic N) is 2. The second-order valence-corrected chi connectivity index (χ2v) is 6.76. The lowest BCUT2D eigenvalue weighted by Gasteiger charge is -2.14. The van der Waals surface area contributed by atoms with Gasteiger partial charge in [0.2, 0.25) is 0 Å². The van der Waals surface area contributed by atoms with Gasteiger partial charge in [0, 0.05) is 15.8 Å². The van der Waals surface area contributed by atoms with Crippen molar-refractivity contribution in [1.82, 2.24) is 9.97 Å². The number of nitrogens with one attached hydrogen (secondary N) is 2. The highest BCUT2D eigenvalue weighted by atomic mass is 79.9. The molecule has 0 radical (unpaired) electrons. The van der Waals surface area contributed by atoms with Crippen molar-refractivity contribution >= 4 is 56.2 Å². The Morgan fingerprint density at radius 2 is 1.59 bits per heavy atom. The van der Waals surface area contributed by atoms with E-state index in [0.29, 0.717) is 5.82 Å². The van der Waals surface area contributed by atoms with E-state index in [9.17, 15) is 13.2 Å².